The van der Waals surface area contributed by atoms with Crippen molar-refractivity contribution < 1.29 is 9.53 Å². The molecule has 0 fully saturated rings. The van der Waals surface area contributed by atoms with Crippen LogP contribution in [-0.2, 0) is 16.1 Å². The van der Waals surface area contributed by atoms with Crippen LogP contribution in [0.2, 0.25) is 0 Å². The van der Waals surface area contributed by atoms with Gasteiger partial charge in [0.1, 0.15) is 5.60 Å². The minimum atomic E-state index is -0.477. The van der Waals surface area contributed by atoms with E-state index >= 15 is 0 Å². The second kappa shape index (κ2) is 5.17. The van der Waals surface area contributed by atoms with E-state index in [0.29, 0.717) is 6.54 Å². The SMILES string of the molecule is Cc1ccn(CCC(=O)OC(C)(C)C)c(=O)c1. The quantitative estimate of drug-likeness (QED) is 0.754. The van der Waals surface area contributed by atoms with E-state index in [9.17, 15) is 9.59 Å². The van der Waals surface area contributed by atoms with Crippen LogP contribution in [0.15, 0.2) is 23.1 Å². The van der Waals surface area contributed by atoms with Crippen LogP contribution >= 0.6 is 0 Å². The zero-order valence-corrected chi connectivity index (χ0v) is 10.8. The normalized spacial score (nSPS) is 11.3. The molecule has 1 aromatic heterocycles. The van der Waals surface area contributed by atoms with Gasteiger partial charge in [0, 0.05) is 18.8 Å². The van der Waals surface area contributed by atoms with Crippen LogP contribution in [-0.4, -0.2) is 16.1 Å². The van der Waals surface area contributed by atoms with Gasteiger partial charge in [-0.15, -0.1) is 0 Å². The zero-order valence-electron chi connectivity index (χ0n) is 10.8. The number of carbonyl (C=O) groups excluding carboxylic acids is 1. The second-order valence-corrected chi connectivity index (χ2v) is 5.07. The average Bonchev–Trinajstić information content (AvgIpc) is 2.13. The van der Waals surface area contributed by atoms with Gasteiger partial charge >= 0.3 is 5.97 Å². The second-order valence-electron chi connectivity index (χ2n) is 5.07. The van der Waals surface area contributed by atoms with E-state index in [0.717, 1.165) is 5.56 Å². The predicted molar refractivity (Wildman–Crippen MR) is 65.9 cm³/mol. The summed E-state index contributed by atoms with van der Waals surface area (Å²) in [6.45, 7) is 7.68. The lowest BCUT2D eigenvalue weighted by atomic mass is 10.2. The van der Waals surface area contributed by atoms with Gasteiger partial charge in [-0.25, -0.2) is 0 Å². The molecule has 0 aliphatic heterocycles. The Morgan fingerprint density at radius 1 is 1.41 bits per heavy atom. The van der Waals surface area contributed by atoms with Crippen molar-refractivity contribution in [2.24, 2.45) is 0 Å². The van der Waals surface area contributed by atoms with E-state index in [2.05, 4.69) is 0 Å². The molecule has 0 aliphatic rings. The first-order valence-electron chi connectivity index (χ1n) is 5.67. The molecule has 1 aromatic rings. The number of hydrogen-bond acceptors (Lipinski definition) is 3. The van der Waals surface area contributed by atoms with Crippen LogP contribution in [0.4, 0.5) is 0 Å². The molecule has 0 N–H and O–H groups in total. The summed E-state index contributed by atoms with van der Waals surface area (Å²) in [5, 5.41) is 0. The zero-order chi connectivity index (χ0) is 13.1. The molecule has 0 saturated carbocycles. The highest BCUT2D eigenvalue weighted by atomic mass is 16.6. The molecule has 0 saturated heterocycles. The van der Waals surface area contributed by atoms with Crippen molar-refractivity contribution in [2.75, 3.05) is 0 Å². The van der Waals surface area contributed by atoms with Crippen LogP contribution in [0.3, 0.4) is 0 Å². The van der Waals surface area contributed by atoms with Crippen molar-refractivity contribution >= 4 is 5.97 Å². The lowest BCUT2D eigenvalue weighted by Crippen LogP contribution is -2.26. The Kier molecular flexibility index (Phi) is 4.10. The van der Waals surface area contributed by atoms with Gasteiger partial charge in [0.25, 0.3) is 5.56 Å². The van der Waals surface area contributed by atoms with Crippen molar-refractivity contribution in [1.29, 1.82) is 0 Å². The number of esters is 1. The molecule has 0 amide bonds. The monoisotopic (exact) mass is 237 g/mol. The van der Waals surface area contributed by atoms with Gasteiger partial charge in [0.15, 0.2) is 0 Å². The summed E-state index contributed by atoms with van der Waals surface area (Å²) in [4.78, 5) is 23.0. The van der Waals surface area contributed by atoms with Crippen molar-refractivity contribution in [3.8, 4) is 0 Å². The molecule has 0 atom stereocenters. The van der Waals surface area contributed by atoms with Gasteiger partial charge in [0.05, 0.1) is 6.42 Å². The number of hydrogen-bond donors (Lipinski definition) is 0. The molecule has 1 rings (SSSR count). The lowest BCUT2D eigenvalue weighted by Gasteiger charge is -2.19. The molecule has 1 heterocycles. The van der Waals surface area contributed by atoms with Gasteiger partial charge in [0.2, 0.25) is 0 Å². The Morgan fingerprint density at radius 2 is 2.06 bits per heavy atom. The summed E-state index contributed by atoms with van der Waals surface area (Å²) in [6.07, 6.45) is 1.91. The molecule has 4 nitrogen and oxygen atoms in total. The van der Waals surface area contributed by atoms with Gasteiger partial charge in [-0.3, -0.25) is 9.59 Å². The van der Waals surface area contributed by atoms with E-state index < -0.39 is 5.60 Å². The van der Waals surface area contributed by atoms with E-state index in [-0.39, 0.29) is 17.9 Å². The number of rotatable bonds is 3. The Balaban J connectivity index is 2.56. The van der Waals surface area contributed by atoms with Crippen LogP contribution in [0.5, 0.6) is 0 Å². The van der Waals surface area contributed by atoms with Crippen molar-refractivity contribution in [3.05, 3.63) is 34.2 Å². The third-order valence-corrected chi connectivity index (χ3v) is 2.13. The summed E-state index contributed by atoms with van der Waals surface area (Å²) in [5.74, 6) is -0.287. The smallest absolute Gasteiger partial charge is 0.308 e. The Morgan fingerprint density at radius 3 is 2.59 bits per heavy atom. The molecule has 0 unspecified atom stereocenters. The van der Waals surface area contributed by atoms with Crippen LogP contribution in [0.25, 0.3) is 0 Å². The van der Waals surface area contributed by atoms with Crippen LogP contribution in [0.1, 0.15) is 32.8 Å². The number of ether oxygens (including phenoxy) is 1. The average molecular weight is 237 g/mol. The van der Waals surface area contributed by atoms with Crippen molar-refractivity contribution in [2.45, 2.75) is 46.3 Å². The lowest BCUT2D eigenvalue weighted by molar-refractivity contribution is -0.155. The van der Waals surface area contributed by atoms with Crippen LogP contribution < -0.4 is 5.56 Å². The first-order valence-corrected chi connectivity index (χ1v) is 5.67. The van der Waals surface area contributed by atoms with E-state index in [4.69, 9.17) is 4.74 Å². The molecule has 4 heteroatoms. The molecule has 0 aliphatic carbocycles. The Hall–Kier alpha value is -1.58. The van der Waals surface area contributed by atoms with E-state index in [1.54, 1.807) is 12.3 Å². The van der Waals surface area contributed by atoms with E-state index in [1.165, 1.54) is 4.57 Å². The Labute approximate surface area is 101 Å². The third-order valence-electron chi connectivity index (χ3n) is 2.13. The highest BCUT2D eigenvalue weighted by Gasteiger charge is 2.15. The molecule has 17 heavy (non-hydrogen) atoms. The van der Waals surface area contributed by atoms with E-state index in [1.807, 2.05) is 33.8 Å². The number of carbonyl (C=O) groups is 1. The topological polar surface area (TPSA) is 48.3 Å². The summed E-state index contributed by atoms with van der Waals surface area (Å²) in [5.41, 5.74) is 0.354. The third kappa shape index (κ3) is 4.85. The minimum absolute atomic E-state index is 0.0893. The molecular weight excluding hydrogens is 218 g/mol. The largest absolute Gasteiger partial charge is 0.460 e. The highest BCUT2D eigenvalue weighted by Crippen LogP contribution is 2.08. The number of pyridine rings is 1. The summed E-state index contributed by atoms with van der Waals surface area (Å²) in [6, 6.07) is 3.39. The van der Waals surface area contributed by atoms with Crippen molar-refractivity contribution in [3.63, 3.8) is 0 Å². The summed E-state index contributed by atoms with van der Waals surface area (Å²) < 4.78 is 6.68. The van der Waals surface area contributed by atoms with Gasteiger partial charge in [-0.05, 0) is 39.3 Å². The fraction of sp³-hybridized carbons (Fsp3) is 0.538. The first kappa shape index (κ1) is 13.5. The predicted octanol–water partition coefficient (Wildman–Crippen LogP) is 1.89. The summed E-state index contributed by atoms with van der Waals surface area (Å²) in [7, 11) is 0. The fourth-order valence-corrected chi connectivity index (χ4v) is 1.40. The molecule has 94 valence electrons. The van der Waals surface area contributed by atoms with Gasteiger partial charge in [-0.2, -0.15) is 0 Å². The van der Waals surface area contributed by atoms with Gasteiger partial charge in [-0.1, -0.05) is 0 Å². The number of aromatic nitrogens is 1. The molecule has 0 spiro atoms. The Bertz CT molecular complexity index is 454. The molecule has 0 radical (unpaired) electrons. The standard InChI is InChI=1S/C13H19NO3/c1-10-5-7-14(11(15)9-10)8-6-12(16)17-13(2,3)4/h5,7,9H,6,8H2,1-4H3. The highest BCUT2D eigenvalue weighted by molar-refractivity contribution is 5.69. The van der Waals surface area contributed by atoms with Crippen LogP contribution in [0, 0.1) is 6.92 Å². The number of nitrogens with zero attached hydrogens (tertiary/aromatic N) is 1. The number of aryl methyl sites for hydroxylation is 2. The first-order chi connectivity index (χ1) is 7.78. The maximum atomic E-state index is 11.5. The van der Waals surface area contributed by atoms with Gasteiger partial charge < -0.3 is 9.30 Å². The summed E-state index contributed by atoms with van der Waals surface area (Å²) >= 11 is 0. The molecular formula is C13H19NO3. The molecule has 0 aromatic carbocycles. The molecule has 0 bridgehead atoms. The fourth-order valence-electron chi connectivity index (χ4n) is 1.40. The maximum absolute atomic E-state index is 11.5. The minimum Gasteiger partial charge on any atom is -0.460 e. The van der Waals surface area contributed by atoms with Crippen molar-refractivity contribution in [1.82, 2.24) is 4.57 Å². The maximum Gasteiger partial charge on any atom is 0.308 e.